The number of hydrogen-bond acceptors (Lipinski definition) is 5. The Morgan fingerprint density at radius 2 is 2.20 bits per heavy atom. The monoisotopic (exact) mass is 344 g/mol. The van der Waals surface area contributed by atoms with Crippen LogP contribution >= 0.6 is 45.9 Å². The van der Waals surface area contributed by atoms with Crippen molar-refractivity contribution in [2.75, 3.05) is 0 Å². The van der Waals surface area contributed by atoms with Crippen molar-refractivity contribution in [2.24, 2.45) is 0 Å². The first kappa shape index (κ1) is 13.8. The van der Waals surface area contributed by atoms with Gasteiger partial charge < -0.3 is 0 Å². The molecule has 3 rings (SSSR count). The van der Waals surface area contributed by atoms with Gasteiger partial charge in [0.2, 0.25) is 0 Å². The molecule has 0 saturated carbocycles. The number of carbonyl (C=O) groups excluding carboxylic acids is 1. The standard InChI is InChI=1S/C12H6Cl2N2O2S2/c13-9-3-6(11(14)20-9)8(17)4-16-5-15-7-1-2-19-10(7)12(16)18/h1-3,5H,4H2. The minimum absolute atomic E-state index is 0.105. The first-order valence-corrected chi connectivity index (χ1v) is 7.92. The largest absolute Gasteiger partial charge is 0.292 e. The molecule has 0 radical (unpaired) electrons. The maximum absolute atomic E-state index is 12.2. The summed E-state index contributed by atoms with van der Waals surface area (Å²) >= 11 is 14.2. The number of halogens is 2. The van der Waals surface area contributed by atoms with Crippen LogP contribution in [0.4, 0.5) is 0 Å². The van der Waals surface area contributed by atoms with Crippen LogP contribution in [0.5, 0.6) is 0 Å². The molecule has 0 saturated heterocycles. The number of aromatic nitrogens is 2. The van der Waals surface area contributed by atoms with Gasteiger partial charge in [0.25, 0.3) is 5.56 Å². The van der Waals surface area contributed by atoms with E-state index in [4.69, 9.17) is 23.2 Å². The second-order valence-electron chi connectivity index (χ2n) is 3.97. The van der Waals surface area contributed by atoms with Crippen LogP contribution in [0.25, 0.3) is 10.2 Å². The molecule has 20 heavy (non-hydrogen) atoms. The summed E-state index contributed by atoms with van der Waals surface area (Å²) < 4.78 is 2.59. The minimum Gasteiger partial charge on any atom is -0.292 e. The van der Waals surface area contributed by atoms with Crippen LogP contribution in [0.3, 0.4) is 0 Å². The third kappa shape index (κ3) is 2.40. The summed E-state index contributed by atoms with van der Waals surface area (Å²) in [6, 6.07) is 3.28. The highest BCUT2D eigenvalue weighted by Gasteiger charge is 2.16. The zero-order valence-corrected chi connectivity index (χ0v) is 12.9. The molecule has 0 aliphatic heterocycles. The fraction of sp³-hybridized carbons (Fsp3) is 0.0833. The molecule has 0 aliphatic rings. The summed E-state index contributed by atoms with van der Waals surface area (Å²) in [6.07, 6.45) is 1.37. The van der Waals surface area contributed by atoms with Crippen LogP contribution in [-0.4, -0.2) is 15.3 Å². The average molecular weight is 345 g/mol. The average Bonchev–Trinajstić information content (AvgIpc) is 2.99. The zero-order chi connectivity index (χ0) is 14.3. The molecule has 0 amide bonds. The molecule has 4 nitrogen and oxygen atoms in total. The Kier molecular flexibility index (Phi) is 3.64. The summed E-state index contributed by atoms with van der Waals surface area (Å²) in [5, 5.41) is 1.79. The van der Waals surface area contributed by atoms with Gasteiger partial charge in [-0.3, -0.25) is 14.2 Å². The summed E-state index contributed by atoms with van der Waals surface area (Å²) in [6.45, 7) is -0.105. The molecule has 3 aromatic heterocycles. The SMILES string of the molecule is O=C(Cn1cnc2ccsc2c1=O)c1cc(Cl)sc1Cl. The summed E-state index contributed by atoms with van der Waals surface area (Å²) in [5.41, 5.74) is 0.746. The first-order chi connectivity index (χ1) is 9.56. The number of nitrogens with zero attached hydrogens (tertiary/aromatic N) is 2. The molecule has 0 N–H and O–H groups in total. The number of fused-ring (bicyclic) bond motifs is 1. The fourth-order valence-corrected chi connectivity index (χ4v) is 4.05. The molecule has 3 aromatic rings. The van der Waals surface area contributed by atoms with E-state index in [1.54, 1.807) is 11.4 Å². The maximum Gasteiger partial charge on any atom is 0.271 e. The summed E-state index contributed by atoms with van der Waals surface area (Å²) in [5.74, 6) is -0.266. The van der Waals surface area contributed by atoms with Gasteiger partial charge in [0, 0.05) is 0 Å². The topological polar surface area (TPSA) is 52.0 Å². The van der Waals surface area contributed by atoms with Crippen LogP contribution in [0.2, 0.25) is 8.67 Å². The lowest BCUT2D eigenvalue weighted by atomic mass is 10.2. The van der Waals surface area contributed by atoms with E-state index in [1.807, 2.05) is 0 Å². The van der Waals surface area contributed by atoms with Gasteiger partial charge in [-0.1, -0.05) is 23.2 Å². The molecule has 3 heterocycles. The third-order valence-electron chi connectivity index (χ3n) is 2.71. The van der Waals surface area contributed by atoms with E-state index in [9.17, 15) is 9.59 Å². The lowest BCUT2D eigenvalue weighted by Gasteiger charge is -2.03. The number of ketones is 1. The lowest BCUT2D eigenvalue weighted by Crippen LogP contribution is -2.23. The van der Waals surface area contributed by atoms with Crippen molar-refractivity contribution in [1.82, 2.24) is 9.55 Å². The lowest BCUT2D eigenvalue weighted by molar-refractivity contribution is 0.0971. The predicted molar refractivity (Wildman–Crippen MR) is 82.5 cm³/mol. The number of hydrogen-bond donors (Lipinski definition) is 0. The Morgan fingerprint density at radius 3 is 2.90 bits per heavy atom. The van der Waals surface area contributed by atoms with E-state index < -0.39 is 0 Å². The minimum atomic E-state index is -0.266. The Hall–Kier alpha value is -1.21. The summed E-state index contributed by atoms with van der Waals surface area (Å²) in [4.78, 5) is 28.5. The quantitative estimate of drug-likeness (QED) is 0.680. The van der Waals surface area contributed by atoms with Gasteiger partial charge in [0.05, 0.1) is 28.3 Å². The van der Waals surface area contributed by atoms with E-state index in [0.717, 1.165) is 11.3 Å². The van der Waals surface area contributed by atoms with E-state index in [0.29, 0.717) is 24.5 Å². The van der Waals surface area contributed by atoms with Crippen molar-refractivity contribution >= 4 is 61.9 Å². The molecule has 102 valence electrons. The third-order valence-corrected chi connectivity index (χ3v) is 5.09. The fourth-order valence-electron chi connectivity index (χ4n) is 1.76. The molecular weight excluding hydrogens is 339 g/mol. The van der Waals surface area contributed by atoms with Crippen molar-refractivity contribution in [3.8, 4) is 0 Å². The highest BCUT2D eigenvalue weighted by Crippen LogP contribution is 2.31. The van der Waals surface area contributed by atoms with E-state index >= 15 is 0 Å². The summed E-state index contributed by atoms with van der Waals surface area (Å²) in [7, 11) is 0. The number of thiophene rings is 2. The highest BCUT2D eigenvalue weighted by molar-refractivity contribution is 7.20. The molecule has 0 fully saturated rings. The van der Waals surface area contributed by atoms with Crippen LogP contribution < -0.4 is 5.56 Å². The van der Waals surface area contributed by atoms with Crippen molar-refractivity contribution in [1.29, 1.82) is 0 Å². The van der Waals surface area contributed by atoms with E-state index in [-0.39, 0.29) is 17.9 Å². The van der Waals surface area contributed by atoms with Crippen molar-refractivity contribution in [2.45, 2.75) is 6.54 Å². The van der Waals surface area contributed by atoms with Crippen LogP contribution in [0.1, 0.15) is 10.4 Å². The normalized spacial score (nSPS) is 11.1. The molecular formula is C12H6Cl2N2O2S2. The van der Waals surface area contributed by atoms with E-state index in [2.05, 4.69) is 4.98 Å². The van der Waals surface area contributed by atoms with Gasteiger partial charge in [-0.05, 0) is 17.5 Å². The zero-order valence-electron chi connectivity index (χ0n) is 9.80. The van der Waals surface area contributed by atoms with Crippen LogP contribution in [-0.2, 0) is 6.54 Å². The predicted octanol–water partition coefficient (Wildman–Crippen LogP) is 3.71. The van der Waals surface area contributed by atoms with Gasteiger partial charge in [0.1, 0.15) is 9.04 Å². The van der Waals surface area contributed by atoms with Crippen LogP contribution in [0.15, 0.2) is 28.6 Å². The number of carbonyl (C=O) groups is 1. The van der Waals surface area contributed by atoms with Crippen LogP contribution in [0, 0.1) is 0 Å². The van der Waals surface area contributed by atoms with Crippen molar-refractivity contribution in [3.05, 3.63) is 48.4 Å². The molecule has 8 heteroatoms. The van der Waals surface area contributed by atoms with Gasteiger partial charge in [-0.2, -0.15) is 0 Å². The molecule has 0 aliphatic carbocycles. The number of rotatable bonds is 3. The van der Waals surface area contributed by atoms with Gasteiger partial charge in [0.15, 0.2) is 5.78 Å². The van der Waals surface area contributed by atoms with Crippen molar-refractivity contribution in [3.63, 3.8) is 0 Å². The smallest absolute Gasteiger partial charge is 0.271 e. The van der Waals surface area contributed by atoms with Gasteiger partial charge in [-0.15, -0.1) is 22.7 Å². The molecule has 0 aromatic carbocycles. The van der Waals surface area contributed by atoms with Gasteiger partial charge in [-0.25, -0.2) is 4.98 Å². The molecule has 0 spiro atoms. The Balaban J connectivity index is 1.97. The first-order valence-electron chi connectivity index (χ1n) is 5.47. The second kappa shape index (κ2) is 5.29. The van der Waals surface area contributed by atoms with Crippen molar-refractivity contribution < 1.29 is 4.79 Å². The number of Topliss-reactive ketones (excluding diaryl/α,β-unsaturated/α-hetero) is 1. The second-order valence-corrected chi connectivity index (χ2v) is 7.18. The Bertz CT molecular complexity index is 866. The van der Waals surface area contributed by atoms with E-state index in [1.165, 1.54) is 28.3 Å². The maximum atomic E-state index is 12.2. The Morgan fingerprint density at radius 1 is 1.40 bits per heavy atom. The highest BCUT2D eigenvalue weighted by atomic mass is 35.5. The molecule has 0 atom stereocenters. The van der Waals surface area contributed by atoms with Gasteiger partial charge >= 0.3 is 0 Å². The molecule has 0 unspecified atom stereocenters. The molecule has 0 bridgehead atoms. The Labute approximate surface area is 131 Å².